The van der Waals surface area contributed by atoms with Crippen molar-refractivity contribution in [1.82, 2.24) is 25.1 Å². The Kier molecular flexibility index (Phi) is 3.61. The van der Waals surface area contributed by atoms with Crippen LogP contribution in [0.5, 0.6) is 0 Å². The lowest BCUT2D eigenvalue weighted by molar-refractivity contribution is 0.0924. The summed E-state index contributed by atoms with van der Waals surface area (Å²) in [6.07, 6.45) is 1.62. The molecular weight excluding hydrogens is 377 g/mol. The number of fused-ring (bicyclic) bond motifs is 1. The van der Waals surface area contributed by atoms with E-state index in [9.17, 15) is 9.18 Å². The van der Waals surface area contributed by atoms with E-state index in [0.29, 0.717) is 46.0 Å². The molecule has 8 heteroatoms. The lowest BCUT2D eigenvalue weighted by Crippen LogP contribution is -2.35. The minimum Gasteiger partial charge on any atom is -0.349 e. The van der Waals surface area contributed by atoms with Gasteiger partial charge in [0, 0.05) is 18.3 Å². The highest BCUT2D eigenvalue weighted by atomic mass is 79.9. The van der Waals surface area contributed by atoms with Crippen molar-refractivity contribution in [2.24, 2.45) is 0 Å². The average molecular weight is 388 g/mol. The molecule has 1 aliphatic rings. The normalized spacial score (nSPS) is 13.5. The summed E-state index contributed by atoms with van der Waals surface area (Å²) in [7, 11) is 0. The van der Waals surface area contributed by atoms with Gasteiger partial charge in [0.15, 0.2) is 5.82 Å². The Balaban J connectivity index is 1.75. The number of carbonyl (C=O) groups is 1. The molecule has 0 unspecified atom stereocenters. The van der Waals surface area contributed by atoms with Crippen molar-refractivity contribution in [2.75, 3.05) is 6.54 Å². The topological polar surface area (TPSA) is 72.7 Å². The first kappa shape index (κ1) is 14.9. The van der Waals surface area contributed by atoms with Gasteiger partial charge in [-0.25, -0.2) is 14.4 Å². The van der Waals surface area contributed by atoms with Crippen LogP contribution >= 0.6 is 15.9 Å². The molecular formula is C16H11BrFN5O. The third-order valence-electron chi connectivity index (χ3n) is 3.72. The van der Waals surface area contributed by atoms with Crippen LogP contribution in [0.25, 0.3) is 22.8 Å². The van der Waals surface area contributed by atoms with E-state index >= 15 is 0 Å². The number of nitrogens with one attached hydrogen (secondary N) is 1. The molecule has 1 amide bonds. The summed E-state index contributed by atoms with van der Waals surface area (Å²) in [6, 6.07) is 8.04. The molecule has 0 spiro atoms. The van der Waals surface area contributed by atoms with Crippen molar-refractivity contribution < 1.29 is 9.18 Å². The highest BCUT2D eigenvalue weighted by Gasteiger charge is 2.20. The van der Waals surface area contributed by atoms with Crippen LogP contribution in [0.4, 0.5) is 4.39 Å². The summed E-state index contributed by atoms with van der Waals surface area (Å²) in [6.45, 7) is 1.19. The van der Waals surface area contributed by atoms with Crippen LogP contribution in [0.1, 0.15) is 10.5 Å². The summed E-state index contributed by atoms with van der Waals surface area (Å²) < 4.78 is 15.4. The van der Waals surface area contributed by atoms with E-state index in [1.807, 2.05) is 0 Å². The largest absolute Gasteiger partial charge is 0.349 e. The Hall–Kier alpha value is -2.61. The average Bonchev–Trinajstić information content (AvgIpc) is 3.03. The molecule has 24 heavy (non-hydrogen) atoms. The fourth-order valence-corrected chi connectivity index (χ4v) is 2.92. The summed E-state index contributed by atoms with van der Waals surface area (Å²) in [5.74, 6) is -0.0249. The molecule has 0 radical (unpaired) electrons. The number of aromatic nitrogens is 4. The fraction of sp³-hybridized carbons (Fsp3) is 0.125. The zero-order valence-electron chi connectivity index (χ0n) is 12.3. The SMILES string of the molecule is O=C1NCCn2nc(-c3ccnc(-c4ccc(F)c(Br)c4)n3)cc21. The van der Waals surface area contributed by atoms with E-state index in [-0.39, 0.29) is 11.7 Å². The van der Waals surface area contributed by atoms with Gasteiger partial charge < -0.3 is 5.32 Å². The van der Waals surface area contributed by atoms with Gasteiger partial charge >= 0.3 is 0 Å². The van der Waals surface area contributed by atoms with Gasteiger partial charge in [0.25, 0.3) is 5.91 Å². The van der Waals surface area contributed by atoms with E-state index in [2.05, 4.69) is 36.3 Å². The maximum atomic E-state index is 13.4. The Bertz CT molecular complexity index is 955. The maximum Gasteiger partial charge on any atom is 0.269 e. The zero-order chi connectivity index (χ0) is 16.7. The van der Waals surface area contributed by atoms with Gasteiger partial charge in [-0.1, -0.05) is 0 Å². The monoisotopic (exact) mass is 387 g/mol. The van der Waals surface area contributed by atoms with Crippen LogP contribution in [-0.4, -0.2) is 32.2 Å². The summed E-state index contributed by atoms with van der Waals surface area (Å²) in [4.78, 5) is 20.6. The molecule has 0 saturated carbocycles. The maximum absolute atomic E-state index is 13.4. The first-order chi connectivity index (χ1) is 11.6. The van der Waals surface area contributed by atoms with E-state index in [0.717, 1.165) is 0 Å². The predicted octanol–water partition coefficient (Wildman–Crippen LogP) is 2.65. The molecule has 120 valence electrons. The van der Waals surface area contributed by atoms with Crippen LogP contribution < -0.4 is 5.32 Å². The quantitative estimate of drug-likeness (QED) is 0.733. The molecule has 0 aliphatic carbocycles. The lowest BCUT2D eigenvalue weighted by Gasteiger charge is -2.13. The van der Waals surface area contributed by atoms with E-state index in [1.54, 1.807) is 35.1 Å². The molecule has 0 fully saturated rings. The number of amides is 1. The first-order valence-electron chi connectivity index (χ1n) is 7.27. The highest BCUT2D eigenvalue weighted by Crippen LogP contribution is 2.25. The number of hydrogen-bond acceptors (Lipinski definition) is 4. The van der Waals surface area contributed by atoms with Crippen molar-refractivity contribution in [3.05, 3.63) is 52.5 Å². The van der Waals surface area contributed by atoms with E-state index < -0.39 is 0 Å². The van der Waals surface area contributed by atoms with Crippen molar-refractivity contribution in [3.63, 3.8) is 0 Å². The Morgan fingerprint density at radius 2 is 2.08 bits per heavy atom. The Labute approximate surface area is 144 Å². The molecule has 1 aliphatic heterocycles. The van der Waals surface area contributed by atoms with Gasteiger partial charge in [-0.3, -0.25) is 9.48 Å². The molecule has 6 nitrogen and oxygen atoms in total. The summed E-state index contributed by atoms with van der Waals surface area (Å²) in [5.41, 5.74) is 2.41. The molecule has 4 rings (SSSR count). The van der Waals surface area contributed by atoms with Gasteiger partial charge in [0.1, 0.15) is 17.2 Å². The van der Waals surface area contributed by atoms with Crippen LogP contribution in [0, 0.1) is 5.82 Å². The second-order valence-corrected chi connectivity index (χ2v) is 6.14. The number of halogens is 2. The van der Waals surface area contributed by atoms with E-state index in [4.69, 9.17) is 0 Å². The van der Waals surface area contributed by atoms with Crippen molar-refractivity contribution in [1.29, 1.82) is 0 Å². The third kappa shape index (κ3) is 2.58. The molecule has 3 heterocycles. The van der Waals surface area contributed by atoms with Gasteiger partial charge in [0.05, 0.1) is 16.7 Å². The number of rotatable bonds is 2. The number of hydrogen-bond donors (Lipinski definition) is 1. The molecule has 2 aromatic heterocycles. The highest BCUT2D eigenvalue weighted by molar-refractivity contribution is 9.10. The van der Waals surface area contributed by atoms with Gasteiger partial charge in [-0.15, -0.1) is 0 Å². The smallest absolute Gasteiger partial charge is 0.269 e. The van der Waals surface area contributed by atoms with Crippen LogP contribution in [0.15, 0.2) is 41.0 Å². The van der Waals surface area contributed by atoms with Gasteiger partial charge in [-0.2, -0.15) is 5.10 Å². The number of carbonyl (C=O) groups excluding carboxylic acids is 1. The predicted molar refractivity (Wildman–Crippen MR) is 88.7 cm³/mol. The number of benzene rings is 1. The first-order valence-corrected chi connectivity index (χ1v) is 8.06. The molecule has 1 N–H and O–H groups in total. The van der Waals surface area contributed by atoms with E-state index in [1.165, 1.54) is 6.07 Å². The van der Waals surface area contributed by atoms with Crippen molar-refractivity contribution >= 4 is 21.8 Å². The minimum atomic E-state index is -0.345. The third-order valence-corrected chi connectivity index (χ3v) is 4.33. The fourth-order valence-electron chi connectivity index (χ4n) is 2.54. The lowest BCUT2D eigenvalue weighted by atomic mass is 10.2. The molecule has 0 bridgehead atoms. The zero-order valence-corrected chi connectivity index (χ0v) is 13.9. The molecule has 0 atom stereocenters. The molecule has 1 aromatic carbocycles. The summed E-state index contributed by atoms with van der Waals surface area (Å²) in [5, 5.41) is 7.21. The van der Waals surface area contributed by atoms with Gasteiger partial charge in [0.2, 0.25) is 0 Å². The second-order valence-electron chi connectivity index (χ2n) is 5.29. The van der Waals surface area contributed by atoms with Crippen LogP contribution in [0.3, 0.4) is 0 Å². The standard InChI is InChI=1S/C16H11BrFN5O/c17-10-7-9(1-2-11(10)18)15-19-4-3-12(21-15)13-8-14-16(24)20-5-6-23(14)22-13/h1-4,7-8H,5-6H2,(H,20,24). The molecule has 0 saturated heterocycles. The summed E-state index contributed by atoms with van der Waals surface area (Å²) >= 11 is 3.16. The Morgan fingerprint density at radius 3 is 2.88 bits per heavy atom. The van der Waals surface area contributed by atoms with Crippen LogP contribution in [-0.2, 0) is 6.54 Å². The number of nitrogens with zero attached hydrogens (tertiary/aromatic N) is 4. The van der Waals surface area contributed by atoms with Crippen molar-refractivity contribution in [2.45, 2.75) is 6.54 Å². The minimum absolute atomic E-state index is 0.142. The van der Waals surface area contributed by atoms with Crippen molar-refractivity contribution in [3.8, 4) is 22.8 Å². The Morgan fingerprint density at radius 1 is 1.21 bits per heavy atom. The molecule has 3 aromatic rings. The van der Waals surface area contributed by atoms with Gasteiger partial charge in [-0.05, 0) is 46.3 Å². The van der Waals surface area contributed by atoms with Crippen LogP contribution in [0.2, 0.25) is 0 Å². The second kappa shape index (κ2) is 5.79.